The maximum Gasteiger partial charge on any atom is 0.338 e. The van der Waals surface area contributed by atoms with Gasteiger partial charge in [-0.1, -0.05) is 89.7 Å². The molecule has 2 aliphatic heterocycles. The predicted molar refractivity (Wildman–Crippen MR) is 122 cm³/mol. The van der Waals surface area contributed by atoms with Gasteiger partial charge in [0.15, 0.2) is 0 Å². The molecule has 2 heterocycles. The van der Waals surface area contributed by atoms with Gasteiger partial charge in [0.05, 0.1) is 24.3 Å². The van der Waals surface area contributed by atoms with Gasteiger partial charge in [0.2, 0.25) is 0 Å². The lowest BCUT2D eigenvalue weighted by Crippen LogP contribution is -2.11. The second-order valence-corrected chi connectivity index (χ2v) is 8.23. The van der Waals surface area contributed by atoms with Crippen molar-refractivity contribution in [2.45, 2.75) is 89.9 Å². The molecule has 0 amide bonds. The first kappa shape index (κ1) is 24.2. The minimum atomic E-state index is -0.362. The second kappa shape index (κ2) is 14.8. The second-order valence-electron chi connectivity index (χ2n) is 8.23. The van der Waals surface area contributed by atoms with Gasteiger partial charge in [-0.05, 0) is 36.6 Å². The van der Waals surface area contributed by atoms with Crippen LogP contribution in [0, 0.1) is 0 Å². The molecule has 0 spiro atoms. The van der Waals surface area contributed by atoms with E-state index in [2.05, 4.69) is 6.58 Å². The summed E-state index contributed by atoms with van der Waals surface area (Å²) in [5.74, 6) is -0.716. The molecule has 3 rings (SSSR count). The maximum absolute atomic E-state index is 12.4. The van der Waals surface area contributed by atoms with E-state index in [1.807, 2.05) is 0 Å². The van der Waals surface area contributed by atoms with Gasteiger partial charge in [0.1, 0.15) is 0 Å². The molecular formula is C26H38O4. The van der Waals surface area contributed by atoms with E-state index in [1.165, 1.54) is 64.2 Å². The van der Waals surface area contributed by atoms with Gasteiger partial charge in [-0.25, -0.2) is 9.59 Å². The van der Waals surface area contributed by atoms with Gasteiger partial charge >= 0.3 is 11.9 Å². The average Bonchev–Trinajstić information content (AvgIpc) is 2.76. The minimum Gasteiger partial charge on any atom is -0.462 e. The fourth-order valence-corrected chi connectivity index (χ4v) is 3.86. The van der Waals surface area contributed by atoms with E-state index in [1.54, 1.807) is 24.3 Å². The zero-order valence-corrected chi connectivity index (χ0v) is 18.5. The first-order valence-corrected chi connectivity index (χ1v) is 11.8. The smallest absolute Gasteiger partial charge is 0.338 e. The highest BCUT2D eigenvalue weighted by molar-refractivity contribution is 5.97. The summed E-state index contributed by atoms with van der Waals surface area (Å²) in [5.41, 5.74) is 1.48. The normalized spacial score (nSPS) is 19.3. The van der Waals surface area contributed by atoms with Gasteiger partial charge in [-0.3, -0.25) is 0 Å². The molecule has 1 aromatic rings. The van der Waals surface area contributed by atoms with E-state index < -0.39 is 0 Å². The first-order valence-electron chi connectivity index (χ1n) is 11.8. The standard InChI is InChI=1S/C26H38O4/c1-2-22-21-23-17-18-24(22)26(28)30-20-16-14-12-10-8-6-4-3-5-7-9-11-13-15-19-29-25(23)27/h2,17-18,21H,1,3-16,19-20H2. The SMILES string of the molecule is C=Cc1cc2ccc1C(=O)OCCCCCCCCCCCCCCCCOC2=O. The number of ether oxygens (including phenoxy) is 2. The Morgan fingerprint density at radius 1 is 0.633 bits per heavy atom. The van der Waals surface area contributed by atoms with Crippen LogP contribution in [-0.2, 0) is 9.47 Å². The van der Waals surface area contributed by atoms with Crippen LogP contribution in [0.3, 0.4) is 0 Å². The Morgan fingerprint density at radius 3 is 1.53 bits per heavy atom. The van der Waals surface area contributed by atoms with Gasteiger partial charge in [-0.15, -0.1) is 0 Å². The Labute approximate surface area is 182 Å². The molecule has 0 aliphatic carbocycles. The van der Waals surface area contributed by atoms with Crippen LogP contribution in [0.15, 0.2) is 24.8 Å². The topological polar surface area (TPSA) is 52.6 Å². The fraction of sp³-hybridized carbons (Fsp3) is 0.615. The van der Waals surface area contributed by atoms with Crippen molar-refractivity contribution >= 4 is 18.0 Å². The van der Waals surface area contributed by atoms with Gasteiger partial charge in [-0.2, -0.15) is 0 Å². The molecule has 4 heteroatoms. The molecule has 0 saturated heterocycles. The Kier molecular flexibility index (Phi) is 11.9. The third-order valence-electron chi connectivity index (χ3n) is 5.73. The van der Waals surface area contributed by atoms with Gasteiger partial charge in [0, 0.05) is 0 Å². The molecule has 2 bridgehead atoms. The zero-order chi connectivity index (χ0) is 21.4. The molecule has 2 aliphatic rings. The molecule has 0 saturated carbocycles. The zero-order valence-electron chi connectivity index (χ0n) is 18.5. The van der Waals surface area contributed by atoms with E-state index in [-0.39, 0.29) is 11.9 Å². The van der Waals surface area contributed by atoms with Crippen molar-refractivity contribution in [3.8, 4) is 0 Å². The van der Waals surface area contributed by atoms with Crippen molar-refractivity contribution < 1.29 is 19.1 Å². The number of hydrogen-bond donors (Lipinski definition) is 0. The van der Waals surface area contributed by atoms with Crippen LogP contribution in [0.4, 0.5) is 0 Å². The van der Waals surface area contributed by atoms with Crippen LogP contribution >= 0.6 is 0 Å². The van der Waals surface area contributed by atoms with Gasteiger partial charge in [0.25, 0.3) is 0 Å². The van der Waals surface area contributed by atoms with E-state index in [4.69, 9.17) is 9.47 Å². The summed E-state index contributed by atoms with van der Waals surface area (Å²) >= 11 is 0. The van der Waals surface area contributed by atoms with Crippen molar-refractivity contribution in [2.75, 3.05) is 13.2 Å². The van der Waals surface area contributed by atoms with Crippen LogP contribution in [-0.4, -0.2) is 25.2 Å². The summed E-state index contributed by atoms with van der Waals surface area (Å²) in [5, 5.41) is 0. The lowest BCUT2D eigenvalue weighted by atomic mass is 10.0. The monoisotopic (exact) mass is 414 g/mol. The molecular weight excluding hydrogens is 376 g/mol. The molecule has 0 unspecified atom stereocenters. The molecule has 0 aromatic heterocycles. The van der Waals surface area contributed by atoms with E-state index in [0.29, 0.717) is 29.9 Å². The van der Waals surface area contributed by atoms with Crippen molar-refractivity contribution in [3.63, 3.8) is 0 Å². The van der Waals surface area contributed by atoms with Crippen molar-refractivity contribution in [2.24, 2.45) is 0 Å². The number of esters is 2. The van der Waals surface area contributed by atoms with Crippen LogP contribution in [0.2, 0.25) is 0 Å². The largest absolute Gasteiger partial charge is 0.462 e. The molecule has 0 N–H and O–H groups in total. The molecule has 0 fully saturated rings. The highest BCUT2D eigenvalue weighted by atomic mass is 16.5. The van der Waals surface area contributed by atoms with E-state index in [9.17, 15) is 9.59 Å². The lowest BCUT2D eigenvalue weighted by Gasteiger charge is -2.10. The number of fused-ring (bicyclic) bond motifs is 21. The molecule has 30 heavy (non-hydrogen) atoms. The Bertz CT molecular complexity index is 665. The Morgan fingerprint density at radius 2 is 1.07 bits per heavy atom. The number of benzene rings is 1. The highest BCUT2D eigenvalue weighted by Gasteiger charge is 2.15. The number of hydrogen-bond acceptors (Lipinski definition) is 4. The highest BCUT2D eigenvalue weighted by Crippen LogP contribution is 2.17. The minimum absolute atomic E-state index is 0.354. The Hall–Kier alpha value is -2.10. The number of rotatable bonds is 1. The quantitative estimate of drug-likeness (QED) is 0.459. The average molecular weight is 415 g/mol. The summed E-state index contributed by atoms with van der Waals surface area (Å²) < 4.78 is 10.8. The summed E-state index contributed by atoms with van der Waals surface area (Å²) in [6.45, 7) is 4.63. The molecule has 166 valence electrons. The van der Waals surface area contributed by atoms with Gasteiger partial charge < -0.3 is 9.47 Å². The third-order valence-corrected chi connectivity index (χ3v) is 5.73. The molecule has 4 nitrogen and oxygen atoms in total. The van der Waals surface area contributed by atoms with Crippen molar-refractivity contribution in [1.82, 2.24) is 0 Å². The van der Waals surface area contributed by atoms with E-state index in [0.717, 1.165) is 25.7 Å². The van der Waals surface area contributed by atoms with Crippen LogP contribution in [0.5, 0.6) is 0 Å². The maximum atomic E-state index is 12.4. The third kappa shape index (κ3) is 9.15. The Balaban J connectivity index is 1.91. The predicted octanol–water partition coefficient (Wildman–Crippen LogP) is 7.12. The summed E-state index contributed by atoms with van der Waals surface area (Å²) in [7, 11) is 0. The fourth-order valence-electron chi connectivity index (χ4n) is 3.86. The number of carbonyl (C=O) groups excluding carboxylic acids is 2. The van der Waals surface area contributed by atoms with Crippen LogP contribution in [0.25, 0.3) is 6.08 Å². The van der Waals surface area contributed by atoms with Crippen molar-refractivity contribution in [3.05, 3.63) is 41.5 Å². The summed E-state index contributed by atoms with van der Waals surface area (Å²) in [6.07, 6.45) is 18.5. The molecule has 1 aromatic carbocycles. The summed E-state index contributed by atoms with van der Waals surface area (Å²) in [4.78, 5) is 24.7. The molecule has 0 radical (unpaired) electrons. The molecule has 0 atom stereocenters. The lowest BCUT2D eigenvalue weighted by molar-refractivity contribution is 0.0483. The van der Waals surface area contributed by atoms with E-state index >= 15 is 0 Å². The van der Waals surface area contributed by atoms with Crippen LogP contribution in [0.1, 0.15) is 116 Å². The van der Waals surface area contributed by atoms with Crippen LogP contribution < -0.4 is 0 Å². The van der Waals surface area contributed by atoms with Crippen molar-refractivity contribution in [1.29, 1.82) is 0 Å². The number of carbonyl (C=O) groups is 2. The summed E-state index contributed by atoms with van der Waals surface area (Å²) in [6, 6.07) is 4.92. The first-order chi connectivity index (χ1) is 14.7.